The molecule has 1 aliphatic heterocycles. The van der Waals surface area contributed by atoms with Gasteiger partial charge in [0.05, 0.1) is 5.92 Å². The van der Waals surface area contributed by atoms with Gasteiger partial charge in [-0.1, -0.05) is 41.9 Å². The van der Waals surface area contributed by atoms with Crippen molar-refractivity contribution in [3.8, 4) is 11.4 Å². The molecule has 0 bridgehead atoms. The number of amides is 1. The number of halogens is 1. The fraction of sp³-hybridized carbons (Fsp3) is 0.500. The third-order valence-electron chi connectivity index (χ3n) is 4.24. The predicted molar refractivity (Wildman–Crippen MR) is 95.4 cm³/mol. The zero-order valence-corrected chi connectivity index (χ0v) is 15.8. The minimum Gasteiger partial charge on any atom is -0.341 e. The third kappa shape index (κ3) is 3.69. The van der Waals surface area contributed by atoms with Crippen LogP contribution in [0.4, 0.5) is 0 Å². The molecule has 0 radical (unpaired) electrons. The summed E-state index contributed by atoms with van der Waals surface area (Å²) in [7, 11) is 0. The Labute approximate surface area is 150 Å². The molecule has 3 rings (SSSR count). The second kappa shape index (κ2) is 6.67. The highest BCUT2D eigenvalue weighted by Gasteiger charge is 2.33. The second-order valence-electron chi connectivity index (χ2n) is 7.30. The summed E-state index contributed by atoms with van der Waals surface area (Å²) >= 11 is 3.42. The quantitative estimate of drug-likeness (QED) is 0.767. The maximum absolute atomic E-state index is 12.5. The molecule has 1 unspecified atom stereocenters. The van der Waals surface area contributed by atoms with Crippen molar-refractivity contribution in [3.63, 3.8) is 0 Å². The molecule has 0 spiro atoms. The van der Waals surface area contributed by atoms with E-state index >= 15 is 0 Å². The number of benzene rings is 1. The number of carbonyl (C=O) groups is 1. The van der Waals surface area contributed by atoms with Gasteiger partial charge in [0.1, 0.15) is 0 Å². The highest BCUT2D eigenvalue weighted by atomic mass is 79.9. The highest BCUT2D eigenvalue weighted by molar-refractivity contribution is 9.10. The average Bonchev–Trinajstić information content (AvgIpc) is 3.04. The van der Waals surface area contributed by atoms with Gasteiger partial charge in [0.25, 0.3) is 0 Å². The molecule has 1 atom stereocenters. The Balaban J connectivity index is 1.75. The van der Waals surface area contributed by atoms with E-state index in [1.165, 1.54) is 0 Å². The van der Waals surface area contributed by atoms with E-state index in [0.29, 0.717) is 18.3 Å². The second-order valence-corrected chi connectivity index (χ2v) is 8.22. The van der Waals surface area contributed by atoms with Gasteiger partial charge in [-0.25, -0.2) is 0 Å². The molecule has 2 heterocycles. The van der Waals surface area contributed by atoms with Gasteiger partial charge in [-0.05, 0) is 37.1 Å². The monoisotopic (exact) mass is 391 g/mol. The summed E-state index contributed by atoms with van der Waals surface area (Å²) in [4.78, 5) is 19.0. The van der Waals surface area contributed by atoms with Gasteiger partial charge in [0, 0.05) is 28.5 Å². The van der Waals surface area contributed by atoms with Crippen molar-refractivity contribution in [3.05, 3.63) is 34.6 Å². The molecule has 1 saturated heterocycles. The van der Waals surface area contributed by atoms with E-state index < -0.39 is 0 Å². The molecule has 0 saturated carbocycles. The summed E-state index contributed by atoms with van der Waals surface area (Å²) in [6.45, 7) is 7.32. The normalized spacial score (nSPS) is 18.7. The van der Waals surface area contributed by atoms with Crippen LogP contribution in [0.2, 0.25) is 0 Å². The molecule has 1 aromatic carbocycles. The lowest BCUT2D eigenvalue weighted by Gasteiger charge is -2.35. The van der Waals surface area contributed by atoms with E-state index in [9.17, 15) is 4.79 Å². The molecular formula is C18H22BrN3O2. The van der Waals surface area contributed by atoms with Crippen LogP contribution in [0.5, 0.6) is 0 Å². The van der Waals surface area contributed by atoms with Crippen molar-refractivity contribution in [2.75, 3.05) is 13.1 Å². The van der Waals surface area contributed by atoms with Crippen LogP contribution in [-0.2, 0) is 4.79 Å². The zero-order chi connectivity index (χ0) is 17.3. The predicted octanol–water partition coefficient (Wildman–Crippen LogP) is 4.25. The minimum absolute atomic E-state index is 0.113. The van der Waals surface area contributed by atoms with Gasteiger partial charge in [0.2, 0.25) is 17.6 Å². The van der Waals surface area contributed by atoms with Crippen molar-refractivity contribution in [2.24, 2.45) is 5.41 Å². The van der Waals surface area contributed by atoms with Crippen molar-refractivity contribution < 1.29 is 9.32 Å². The van der Waals surface area contributed by atoms with Crippen LogP contribution < -0.4 is 0 Å². The molecule has 1 amide bonds. The van der Waals surface area contributed by atoms with Crippen LogP contribution in [0.3, 0.4) is 0 Å². The number of likely N-dealkylation sites (tertiary alicyclic amines) is 1. The molecule has 1 aliphatic rings. The van der Waals surface area contributed by atoms with E-state index in [4.69, 9.17) is 4.52 Å². The van der Waals surface area contributed by atoms with Crippen LogP contribution >= 0.6 is 15.9 Å². The number of rotatable bonds is 2. The molecule has 1 aromatic heterocycles. The van der Waals surface area contributed by atoms with Crippen LogP contribution in [0, 0.1) is 5.41 Å². The minimum atomic E-state index is -0.362. The molecule has 1 fully saturated rings. The Hall–Kier alpha value is -1.69. The standard InChI is InChI=1S/C18H22BrN3O2/c1-18(2,3)17(23)22-10-4-5-13(11-22)16-20-15(21-24-16)12-6-8-14(19)9-7-12/h6-9,13H,4-5,10-11H2,1-3H3. The zero-order valence-electron chi connectivity index (χ0n) is 14.3. The lowest BCUT2D eigenvalue weighted by atomic mass is 9.91. The summed E-state index contributed by atoms with van der Waals surface area (Å²) in [5.41, 5.74) is 0.561. The Kier molecular flexibility index (Phi) is 4.76. The van der Waals surface area contributed by atoms with Gasteiger partial charge in [-0.2, -0.15) is 4.98 Å². The van der Waals surface area contributed by atoms with Gasteiger partial charge < -0.3 is 9.42 Å². The summed E-state index contributed by atoms with van der Waals surface area (Å²) in [5.74, 6) is 1.51. The first-order valence-corrected chi connectivity index (χ1v) is 9.03. The van der Waals surface area contributed by atoms with Gasteiger partial charge in [-0.15, -0.1) is 0 Å². The molecule has 0 N–H and O–H groups in total. The largest absolute Gasteiger partial charge is 0.341 e. The fourth-order valence-corrected chi connectivity index (χ4v) is 3.22. The first-order chi connectivity index (χ1) is 11.3. The molecule has 5 nitrogen and oxygen atoms in total. The molecule has 6 heteroatoms. The number of aromatic nitrogens is 2. The van der Waals surface area contributed by atoms with Gasteiger partial charge in [0.15, 0.2) is 0 Å². The van der Waals surface area contributed by atoms with Crippen molar-refractivity contribution in [1.29, 1.82) is 0 Å². The van der Waals surface area contributed by atoms with Crippen LogP contribution in [0.15, 0.2) is 33.3 Å². The lowest BCUT2D eigenvalue weighted by Crippen LogP contribution is -2.44. The topological polar surface area (TPSA) is 59.2 Å². The van der Waals surface area contributed by atoms with Gasteiger partial charge >= 0.3 is 0 Å². The molecule has 0 aliphatic carbocycles. The average molecular weight is 392 g/mol. The molecule has 2 aromatic rings. The molecular weight excluding hydrogens is 370 g/mol. The van der Waals surface area contributed by atoms with Crippen LogP contribution in [0.1, 0.15) is 45.4 Å². The smallest absolute Gasteiger partial charge is 0.231 e. The van der Waals surface area contributed by atoms with E-state index in [1.807, 2.05) is 49.9 Å². The van der Waals surface area contributed by atoms with Gasteiger partial charge in [-0.3, -0.25) is 4.79 Å². The maximum Gasteiger partial charge on any atom is 0.231 e. The van der Waals surface area contributed by atoms with Crippen molar-refractivity contribution in [1.82, 2.24) is 15.0 Å². The SMILES string of the molecule is CC(C)(C)C(=O)N1CCCC(c2nc(-c3ccc(Br)cc3)no2)C1. The number of hydrogen-bond acceptors (Lipinski definition) is 4. The molecule has 24 heavy (non-hydrogen) atoms. The Morgan fingerprint density at radius 2 is 2.00 bits per heavy atom. The van der Waals surface area contributed by atoms with Crippen LogP contribution in [-0.4, -0.2) is 34.0 Å². The Morgan fingerprint density at radius 3 is 2.67 bits per heavy atom. The van der Waals surface area contributed by atoms with E-state index in [2.05, 4.69) is 26.1 Å². The van der Waals surface area contributed by atoms with Crippen LogP contribution in [0.25, 0.3) is 11.4 Å². The summed E-state index contributed by atoms with van der Waals surface area (Å²) in [5, 5.41) is 4.11. The number of piperidine rings is 1. The Bertz CT molecular complexity index is 719. The number of nitrogens with zero attached hydrogens (tertiary/aromatic N) is 3. The maximum atomic E-state index is 12.5. The van der Waals surface area contributed by atoms with E-state index in [-0.39, 0.29) is 17.2 Å². The van der Waals surface area contributed by atoms with Crippen molar-refractivity contribution >= 4 is 21.8 Å². The summed E-state index contributed by atoms with van der Waals surface area (Å²) in [6.07, 6.45) is 1.93. The number of hydrogen-bond donors (Lipinski definition) is 0. The lowest BCUT2D eigenvalue weighted by molar-refractivity contribution is -0.140. The molecule has 128 valence electrons. The summed E-state index contributed by atoms with van der Waals surface area (Å²) in [6, 6.07) is 7.81. The van der Waals surface area contributed by atoms with E-state index in [0.717, 1.165) is 29.4 Å². The highest BCUT2D eigenvalue weighted by Crippen LogP contribution is 2.30. The first-order valence-electron chi connectivity index (χ1n) is 8.23. The Morgan fingerprint density at radius 1 is 1.29 bits per heavy atom. The third-order valence-corrected chi connectivity index (χ3v) is 4.77. The summed E-state index contributed by atoms with van der Waals surface area (Å²) < 4.78 is 6.50. The van der Waals surface area contributed by atoms with Crippen molar-refractivity contribution in [2.45, 2.75) is 39.5 Å². The number of carbonyl (C=O) groups excluding carboxylic acids is 1. The fourth-order valence-electron chi connectivity index (χ4n) is 2.95. The van der Waals surface area contributed by atoms with E-state index in [1.54, 1.807) is 0 Å². The first kappa shape index (κ1) is 17.1.